The summed E-state index contributed by atoms with van der Waals surface area (Å²) in [6.07, 6.45) is -3.95. The number of hydrogen-bond acceptors (Lipinski definition) is 8. The summed E-state index contributed by atoms with van der Waals surface area (Å²) in [6.45, 7) is 8.87. The Hall–Kier alpha value is -1.07. The van der Waals surface area contributed by atoms with Crippen LogP contribution in [-0.2, 0) is 38.0 Å². The zero-order valence-corrected chi connectivity index (χ0v) is 16.7. The van der Waals surface area contributed by atoms with E-state index in [1.165, 1.54) is 12.1 Å². The molecule has 3 saturated heterocycles. The van der Waals surface area contributed by atoms with E-state index in [-0.39, 0.29) is 4.90 Å². The monoisotopic (exact) mass is 400 g/mol. The van der Waals surface area contributed by atoms with Crippen LogP contribution in [-0.4, -0.2) is 50.9 Å². The van der Waals surface area contributed by atoms with Crippen molar-refractivity contribution in [3.63, 3.8) is 0 Å². The average Bonchev–Trinajstić information content (AvgIpc) is 3.02. The highest BCUT2D eigenvalue weighted by molar-refractivity contribution is 7.86. The Bertz CT molecular complexity index is 816. The molecule has 5 unspecified atom stereocenters. The van der Waals surface area contributed by atoms with Gasteiger partial charge >= 0.3 is 0 Å². The number of fused-ring (bicyclic) bond motifs is 3. The highest BCUT2D eigenvalue weighted by Crippen LogP contribution is 2.44. The summed E-state index contributed by atoms with van der Waals surface area (Å²) < 4.78 is 60.0. The zero-order chi connectivity index (χ0) is 19.6. The molecule has 150 valence electrons. The van der Waals surface area contributed by atoms with Gasteiger partial charge in [-0.2, -0.15) is 8.42 Å². The molecule has 27 heavy (non-hydrogen) atoms. The minimum Gasteiger partial charge on any atom is -0.341 e. The van der Waals surface area contributed by atoms with E-state index in [1.807, 2.05) is 6.92 Å². The van der Waals surface area contributed by atoms with E-state index in [2.05, 4.69) is 0 Å². The first-order chi connectivity index (χ1) is 12.5. The third-order valence-electron chi connectivity index (χ3n) is 4.64. The molecule has 0 bridgehead atoms. The Labute approximate surface area is 158 Å². The summed E-state index contributed by atoms with van der Waals surface area (Å²) >= 11 is 0. The van der Waals surface area contributed by atoms with Gasteiger partial charge in [-0.25, -0.2) is 4.18 Å². The summed E-state index contributed by atoms with van der Waals surface area (Å²) in [6, 6.07) is 6.38. The van der Waals surface area contributed by atoms with Crippen molar-refractivity contribution in [1.29, 1.82) is 0 Å². The normalized spacial score (nSPS) is 37.0. The molecule has 1 aromatic rings. The number of ether oxygens (including phenoxy) is 5. The van der Waals surface area contributed by atoms with Gasteiger partial charge in [-0.15, -0.1) is 0 Å². The van der Waals surface area contributed by atoms with Crippen molar-refractivity contribution in [1.82, 2.24) is 0 Å². The predicted octanol–water partition coefficient (Wildman–Crippen LogP) is 2.05. The van der Waals surface area contributed by atoms with E-state index in [1.54, 1.807) is 39.8 Å². The molecule has 0 saturated carbocycles. The van der Waals surface area contributed by atoms with Gasteiger partial charge < -0.3 is 23.7 Å². The minimum atomic E-state index is -4.07. The van der Waals surface area contributed by atoms with E-state index in [0.29, 0.717) is 0 Å². The fourth-order valence-corrected chi connectivity index (χ4v) is 4.52. The number of hydrogen-bond donors (Lipinski definition) is 0. The molecular weight excluding hydrogens is 376 g/mol. The molecule has 8 nitrogen and oxygen atoms in total. The molecule has 0 amide bonds. The molecule has 5 atom stereocenters. The van der Waals surface area contributed by atoms with Crippen molar-refractivity contribution in [2.24, 2.45) is 0 Å². The lowest BCUT2D eigenvalue weighted by Gasteiger charge is -2.36. The molecule has 3 aliphatic heterocycles. The van der Waals surface area contributed by atoms with Crippen LogP contribution in [0.25, 0.3) is 0 Å². The molecule has 3 aliphatic rings. The second-order valence-corrected chi connectivity index (χ2v) is 9.47. The van der Waals surface area contributed by atoms with Crippen LogP contribution in [0.1, 0.15) is 33.3 Å². The molecule has 3 fully saturated rings. The quantitative estimate of drug-likeness (QED) is 0.713. The maximum Gasteiger partial charge on any atom is 0.299 e. The van der Waals surface area contributed by atoms with E-state index in [0.717, 1.165) is 5.56 Å². The Kier molecular flexibility index (Phi) is 4.43. The topological polar surface area (TPSA) is 89.5 Å². The van der Waals surface area contributed by atoms with Gasteiger partial charge in [0.1, 0.15) is 18.3 Å². The Morgan fingerprint density at radius 3 is 2.07 bits per heavy atom. The van der Waals surface area contributed by atoms with Crippen LogP contribution >= 0.6 is 0 Å². The summed E-state index contributed by atoms with van der Waals surface area (Å²) in [5.74, 6) is -1.82. The van der Waals surface area contributed by atoms with Crippen LogP contribution in [0.3, 0.4) is 0 Å². The van der Waals surface area contributed by atoms with Gasteiger partial charge in [-0.3, -0.25) is 0 Å². The lowest BCUT2D eigenvalue weighted by Crippen LogP contribution is -2.56. The standard InChI is InChI=1S/C18H24O8S/c1-10-6-8-11(9-7-10)27(19,20)26-16-14-12(22-17(2,3)24-14)13-15(21-16)25-18(4,5)23-13/h6-9,12-16H,1-5H3. The van der Waals surface area contributed by atoms with Crippen LogP contribution < -0.4 is 0 Å². The highest BCUT2D eigenvalue weighted by atomic mass is 32.2. The molecule has 0 spiro atoms. The summed E-state index contributed by atoms with van der Waals surface area (Å²) in [7, 11) is -4.07. The minimum absolute atomic E-state index is 0.0393. The fourth-order valence-electron chi connectivity index (χ4n) is 3.54. The van der Waals surface area contributed by atoms with Crippen molar-refractivity contribution in [3.05, 3.63) is 29.8 Å². The molecule has 9 heteroatoms. The number of aryl methyl sites for hydroxylation is 1. The summed E-state index contributed by atoms with van der Waals surface area (Å²) in [5, 5.41) is 0. The van der Waals surface area contributed by atoms with Gasteiger partial charge in [0, 0.05) is 0 Å². The zero-order valence-electron chi connectivity index (χ0n) is 15.9. The van der Waals surface area contributed by atoms with Crippen molar-refractivity contribution in [2.75, 3.05) is 0 Å². The molecule has 0 aromatic heterocycles. The average molecular weight is 400 g/mol. The van der Waals surface area contributed by atoms with E-state index in [9.17, 15) is 8.42 Å². The molecule has 0 radical (unpaired) electrons. The molecule has 0 aliphatic carbocycles. The number of rotatable bonds is 3. The second-order valence-electron chi connectivity index (χ2n) is 7.90. The maximum absolute atomic E-state index is 12.7. The first-order valence-electron chi connectivity index (χ1n) is 8.83. The van der Waals surface area contributed by atoms with E-state index in [4.69, 9.17) is 27.9 Å². The van der Waals surface area contributed by atoms with E-state index < -0.39 is 52.6 Å². The van der Waals surface area contributed by atoms with Gasteiger partial charge in [-0.05, 0) is 46.8 Å². The van der Waals surface area contributed by atoms with Gasteiger partial charge in [0.05, 0.1) is 4.90 Å². The van der Waals surface area contributed by atoms with Crippen molar-refractivity contribution in [3.8, 4) is 0 Å². The number of benzene rings is 1. The summed E-state index contributed by atoms with van der Waals surface area (Å²) in [5.41, 5.74) is 0.943. The summed E-state index contributed by atoms with van der Waals surface area (Å²) in [4.78, 5) is 0.0393. The van der Waals surface area contributed by atoms with Gasteiger partial charge in [0.25, 0.3) is 10.1 Å². The second kappa shape index (κ2) is 6.21. The van der Waals surface area contributed by atoms with Gasteiger partial charge in [0.15, 0.2) is 17.9 Å². The Morgan fingerprint density at radius 1 is 0.852 bits per heavy atom. The Morgan fingerprint density at radius 2 is 1.41 bits per heavy atom. The van der Waals surface area contributed by atoms with Crippen LogP contribution in [0, 0.1) is 6.92 Å². The van der Waals surface area contributed by atoms with Crippen LogP contribution in [0.15, 0.2) is 29.2 Å². The van der Waals surface area contributed by atoms with Crippen molar-refractivity contribution >= 4 is 10.1 Å². The largest absolute Gasteiger partial charge is 0.341 e. The smallest absolute Gasteiger partial charge is 0.299 e. The van der Waals surface area contributed by atoms with Crippen LogP contribution in [0.2, 0.25) is 0 Å². The molecule has 3 heterocycles. The van der Waals surface area contributed by atoms with Crippen LogP contribution in [0.4, 0.5) is 0 Å². The van der Waals surface area contributed by atoms with Crippen LogP contribution in [0.5, 0.6) is 0 Å². The predicted molar refractivity (Wildman–Crippen MR) is 92.0 cm³/mol. The highest BCUT2D eigenvalue weighted by Gasteiger charge is 2.61. The van der Waals surface area contributed by atoms with E-state index >= 15 is 0 Å². The Balaban J connectivity index is 1.61. The molecular formula is C18H24O8S. The SMILES string of the molecule is Cc1ccc(S(=O)(=O)OC2OC3OC(C)(C)OC3C3OC(C)(C)OC23)cc1. The van der Waals surface area contributed by atoms with Gasteiger partial charge in [0.2, 0.25) is 6.29 Å². The third-order valence-corrected chi connectivity index (χ3v) is 5.94. The molecule has 0 N–H and O–H groups in total. The maximum atomic E-state index is 12.7. The van der Waals surface area contributed by atoms with Crippen molar-refractivity contribution in [2.45, 2.75) is 82.0 Å². The van der Waals surface area contributed by atoms with Gasteiger partial charge in [-0.1, -0.05) is 17.7 Å². The third kappa shape index (κ3) is 3.65. The first-order valence-corrected chi connectivity index (χ1v) is 10.2. The van der Waals surface area contributed by atoms with Crippen molar-refractivity contribution < 1.29 is 36.3 Å². The fraction of sp³-hybridized carbons (Fsp3) is 0.667. The lowest BCUT2D eigenvalue weighted by molar-refractivity contribution is -0.279. The lowest BCUT2D eigenvalue weighted by atomic mass is 10.0. The molecule has 1 aromatic carbocycles. The first kappa shape index (κ1) is 19.3. The molecule has 4 rings (SSSR count).